The fourth-order valence-electron chi connectivity index (χ4n) is 3.52. The third kappa shape index (κ3) is 8.34. The van der Waals surface area contributed by atoms with Gasteiger partial charge in [-0.05, 0) is 66.1 Å². The van der Waals surface area contributed by atoms with Gasteiger partial charge < -0.3 is 29.4 Å². The number of methoxy groups -OCH3 is 2. The maximum absolute atomic E-state index is 13.6. The fourth-order valence-corrected chi connectivity index (χ4v) is 3.52. The van der Waals surface area contributed by atoms with Crippen LogP contribution in [0.4, 0.5) is 4.39 Å². The van der Waals surface area contributed by atoms with E-state index in [1.807, 2.05) is 24.3 Å². The molecular weight excluding hydrogens is 477 g/mol. The summed E-state index contributed by atoms with van der Waals surface area (Å²) < 4.78 is 35.1. The van der Waals surface area contributed by atoms with E-state index in [0.717, 1.165) is 0 Å². The molecule has 0 bridgehead atoms. The number of hydrogen-bond acceptors (Lipinski definition) is 7. The fraction of sp³-hybridized carbons (Fsp3) is 0.276. The molecule has 0 aliphatic rings. The van der Waals surface area contributed by atoms with E-state index in [-0.39, 0.29) is 12.4 Å². The Kier molecular flexibility index (Phi) is 10.5. The minimum absolute atomic E-state index is 0.0915. The minimum Gasteiger partial charge on any atom is -0.493 e. The number of carbonyl (C=O) groups excluding carboxylic acids is 1. The SMILES string of the molecule is COC(=O)/C(=C/c1ccc(F)c(C)c1)c1ccc(OCC(O)CNCCOc2ccccc2OC)cc1. The highest BCUT2D eigenvalue weighted by Gasteiger charge is 2.14. The molecule has 8 heteroatoms. The zero-order chi connectivity index (χ0) is 26.6. The molecule has 0 aliphatic heterocycles. The molecule has 3 aromatic carbocycles. The largest absolute Gasteiger partial charge is 0.493 e. The molecule has 0 fully saturated rings. The number of hydrogen-bond donors (Lipinski definition) is 2. The standard InChI is InChI=1S/C29H32FNO6/c1-20-16-21(8-13-26(20)30)17-25(29(33)35-3)22-9-11-24(12-10-22)37-19-23(32)18-31-14-15-36-28-7-5-4-6-27(28)34-2/h4-13,16-17,23,31-32H,14-15,18-19H2,1-3H3/b25-17+. The quantitative estimate of drug-likeness (QED) is 0.154. The van der Waals surface area contributed by atoms with Crippen molar-refractivity contribution in [2.24, 2.45) is 0 Å². The lowest BCUT2D eigenvalue weighted by atomic mass is 10.0. The van der Waals surface area contributed by atoms with E-state index in [4.69, 9.17) is 18.9 Å². The van der Waals surface area contributed by atoms with Gasteiger partial charge in [-0.15, -0.1) is 0 Å². The van der Waals surface area contributed by atoms with Gasteiger partial charge in [0.05, 0.1) is 19.8 Å². The van der Waals surface area contributed by atoms with Crippen LogP contribution in [0.5, 0.6) is 17.2 Å². The van der Waals surface area contributed by atoms with Gasteiger partial charge in [0.1, 0.15) is 30.9 Å². The molecule has 0 spiro atoms. The van der Waals surface area contributed by atoms with E-state index in [2.05, 4.69) is 5.32 Å². The number of ether oxygens (including phenoxy) is 4. The summed E-state index contributed by atoms with van der Waals surface area (Å²) in [4.78, 5) is 12.4. The first-order valence-corrected chi connectivity index (χ1v) is 11.8. The van der Waals surface area contributed by atoms with Crippen LogP contribution >= 0.6 is 0 Å². The lowest BCUT2D eigenvalue weighted by Crippen LogP contribution is -2.33. The number of rotatable bonds is 13. The van der Waals surface area contributed by atoms with E-state index in [9.17, 15) is 14.3 Å². The topological polar surface area (TPSA) is 86.3 Å². The second kappa shape index (κ2) is 14.0. The van der Waals surface area contributed by atoms with Crippen LogP contribution < -0.4 is 19.5 Å². The van der Waals surface area contributed by atoms with Crippen molar-refractivity contribution in [1.82, 2.24) is 5.32 Å². The van der Waals surface area contributed by atoms with Crippen molar-refractivity contribution < 1.29 is 33.2 Å². The van der Waals surface area contributed by atoms with Crippen LogP contribution in [0, 0.1) is 12.7 Å². The molecule has 0 aliphatic carbocycles. The summed E-state index contributed by atoms with van der Waals surface area (Å²) in [5, 5.41) is 13.3. The summed E-state index contributed by atoms with van der Waals surface area (Å²) in [6.07, 6.45) is 0.930. The van der Waals surface area contributed by atoms with Crippen LogP contribution in [0.15, 0.2) is 66.7 Å². The summed E-state index contributed by atoms with van der Waals surface area (Å²) >= 11 is 0. The summed E-state index contributed by atoms with van der Waals surface area (Å²) in [5.74, 6) is 1.06. The van der Waals surface area contributed by atoms with Crippen molar-refractivity contribution in [2.75, 3.05) is 40.5 Å². The molecule has 1 unspecified atom stereocenters. The Morgan fingerprint density at radius 2 is 1.76 bits per heavy atom. The smallest absolute Gasteiger partial charge is 0.338 e. The van der Waals surface area contributed by atoms with E-state index >= 15 is 0 Å². The molecule has 0 aromatic heterocycles. The molecule has 0 radical (unpaired) electrons. The van der Waals surface area contributed by atoms with Gasteiger partial charge in [-0.1, -0.05) is 30.3 Å². The van der Waals surface area contributed by atoms with Crippen molar-refractivity contribution in [3.63, 3.8) is 0 Å². The number of aliphatic hydroxyl groups excluding tert-OH is 1. The van der Waals surface area contributed by atoms with E-state index in [0.29, 0.717) is 59.2 Å². The van der Waals surface area contributed by atoms with Crippen molar-refractivity contribution in [3.05, 3.63) is 89.2 Å². The predicted octanol–water partition coefficient (Wildman–Crippen LogP) is 4.26. The number of halogens is 1. The van der Waals surface area contributed by atoms with Crippen molar-refractivity contribution in [2.45, 2.75) is 13.0 Å². The highest BCUT2D eigenvalue weighted by Crippen LogP contribution is 2.26. The molecule has 3 rings (SSSR count). The highest BCUT2D eigenvalue weighted by atomic mass is 19.1. The zero-order valence-corrected chi connectivity index (χ0v) is 21.2. The first-order valence-electron chi connectivity index (χ1n) is 11.8. The number of nitrogens with one attached hydrogen (secondary N) is 1. The second-order valence-corrected chi connectivity index (χ2v) is 8.25. The summed E-state index contributed by atoms with van der Waals surface area (Å²) in [5.41, 5.74) is 2.13. The molecule has 0 saturated carbocycles. The molecular formula is C29H32FNO6. The van der Waals surface area contributed by atoms with Crippen LogP contribution in [0.25, 0.3) is 11.6 Å². The summed E-state index contributed by atoms with van der Waals surface area (Å²) in [6.45, 7) is 3.05. The molecule has 37 heavy (non-hydrogen) atoms. The highest BCUT2D eigenvalue weighted by molar-refractivity contribution is 6.21. The molecule has 7 nitrogen and oxygen atoms in total. The zero-order valence-electron chi connectivity index (χ0n) is 21.2. The molecule has 3 aromatic rings. The van der Waals surface area contributed by atoms with Gasteiger partial charge in [0.25, 0.3) is 0 Å². The molecule has 1 atom stereocenters. The van der Waals surface area contributed by atoms with Crippen LogP contribution in [0.3, 0.4) is 0 Å². The van der Waals surface area contributed by atoms with Gasteiger partial charge in [0, 0.05) is 13.1 Å². The van der Waals surface area contributed by atoms with E-state index in [1.165, 1.54) is 13.2 Å². The van der Waals surface area contributed by atoms with E-state index < -0.39 is 12.1 Å². The maximum atomic E-state index is 13.6. The number of aryl methyl sites for hydroxylation is 1. The van der Waals surface area contributed by atoms with Crippen molar-refractivity contribution >= 4 is 17.6 Å². The second-order valence-electron chi connectivity index (χ2n) is 8.25. The van der Waals surface area contributed by atoms with Gasteiger partial charge in [-0.2, -0.15) is 0 Å². The average Bonchev–Trinajstić information content (AvgIpc) is 2.92. The van der Waals surface area contributed by atoms with Gasteiger partial charge in [0.2, 0.25) is 0 Å². The molecule has 2 N–H and O–H groups in total. The van der Waals surface area contributed by atoms with Crippen LogP contribution in [-0.4, -0.2) is 57.7 Å². The Bertz CT molecular complexity index is 1200. The Labute approximate surface area is 216 Å². The first kappa shape index (κ1) is 27.7. The lowest BCUT2D eigenvalue weighted by Gasteiger charge is -2.14. The number of esters is 1. The predicted molar refractivity (Wildman–Crippen MR) is 140 cm³/mol. The molecule has 0 heterocycles. The number of benzene rings is 3. The van der Waals surface area contributed by atoms with Gasteiger partial charge >= 0.3 is 5.97 Å². The van der Waals surface area contributed by atoms with Crippen LogP contribution in [0.2, 0.25) is 0 Å². The maximum Gasteiger partial charge on any atom is 0.338 e. The Balaban J connectivity index is 1.48. The summed E-state index contributed by atoms with van der Waals surface area (Å²) in [7, 11) is 2.90. The van der Waals surface area contributed by atoms with E-state index in [1.54, 1.807) is 56.5 Å². The third-order valence-corrected chi connectivity index (χ3v) is 5.49. The van der Waals surface area contributed by atoms with Gasteiger partial charge in [-0.3, -0.25) is 0 Å². The van der Waals surface area contributed by atoms with Crippen LogP contribution in [0.1, 0.15) is 16.7 Å². The average molecular weight is 510 g/mol. The Hall–Kier alpha value is -3.88. The first-order chi connectivity index (χ1) is 17.9. The monoisotopic (exact) mass is 509 g/mol. The molecule has 0 amide bonds. The van der Waals surface area contributed by atoms with Crippen LogP contribution in [-0.2, 0) is 9.53 Å². The van der Waals surface area contributed by atoms with Crippen molar-refractivity contribution in [1.29, 1.82) is 0 Å². The number of para-hydroxylation sites is 2. The van der Waals surface area contributed by atoms with Gasteiger partial charge in [0.15, 0.2) is 11.5 Å². The lowest BCUT2D eigenvalue weighted by molar-refractivity contribution is -0.133. The third-order valence-electron chi connectivity index (χ3n) is 5.49. The Morgan fingerprint density at radius 1 is 1.03 bits per heavy atom. The normalized spacial score (nSPS) is 12.1. The van der Waals surface area contributed by atoms with Gasteiger partial charge in [-0.25, -0.2) is 9.18 Å². The summed E-state index contributed by atoms with van der Waals surface area (Å²) in [6, 6.07) is 18.9. The molecule has 0 saturated heterocycles. The number of carbonyl (C=O) groups is 1. The minimum atomic E-state index is -0.724. The van der Waals surface area contributed by atoms with Crippen molar-refractivity contribution in [3.8, 4) is 17.2 Å². The molecule has 196 valence electrons. The number of aliphatic hydroxyl groups is 1. The Morgan fingerprint density at radius 3 is 2.43 bits per heavy atom.